The van der Waals surface area contributed by atoms with Crippen LogP contribution in [0.2, 0.25) is 0 Å². The van der Waals surface area contributed by atoms with Gasteiger partial charge in [-0.3, -0.25) is 9.59 Å². The molecule has 0 aromatic heterocycles. The Labute approximate surface area is 182 Å². The van der Waals surface area contributed by atoms with Gasteiger partial charge >= 0.3 is 11.9 Å². The first-order valence-electron chi connectivity index (χ1n) is 8.85. The first-order valence-corrected chi connectivity index (χ1v) is 10.2. The van der Waals surface area contributed by atoms with Crippen LogP contribution in [-0.2, 0) is 23.9 Å². The molecular weight excluding hydrogens is 436 g/mol. The average molecular weight is 457 g/mol. The molecule has 2 atom stereocenters. The summed E-state index contributed by atoms with van der Waals surface area (Å²) in [5.74, 6) is -0.946. The third-order valence-electron chi connectivity index (χ3n) is 4.07. The molecule has 12 heteroatoms. The van der Waals surface area contributed by atoms with Crippen LogP contribution >= 0.6 is 23.4 Å². The number of phenolic OH excluding ortho intramolecular Hbond substituents is 1. The molecule has 1 heterocycles. The fourth-order valence-corrected chi connectivity index (χ4v) is 3.54. The molecular formula is C18H21ClN4O6S. The lowest BCUT2D eigenvalue weighted by Gasteiger charge is -2.24. The summed E-state index contributed by atoms with van der Waals surface area (Å²) >= 11 is 6.99. The van der Waals surface area contributed by atoms with Crippen LogP contribution in [0.25, 0.3) is 0 Å². The number of alkyl halides is 1. The molecule has 1 N–H and O–H groups in total. The molecule has 0 bridgehead atoms. The summed E-state index contributed by atoms with van der Waals surface area (Å²) in [6.07, 6.45) is 0.903. The summed E-state index contributed by atoms with van der Waals surface area (Å²) in [6.45, 7) is 0.559. The van der Waals surface area contributed by atoms with Gasteiger partial charge in [-0.25, -0.2) is 4.99 Å². The van der Waals surface area contributed by atoms with Gasteiger partial charge in [-0.2, -0.15) is 0 Å². The van der Waals surface area contributed by atoms with Crippen LogP contribution in [0.1, 0.15) is 12.8 Å². The quantitative estimate of drug-likeness (QED) is 0.197. The Hall–Kier alpha value is -2.66. The van der Waals surface area contributed by atoms with Crippen LogP contribution in [0, 0.1) is 0 Å². The van der Waals surface area contributed by atoms with Crippen molar-refractivity contribution in [3.63, 3.8) is 0 Å². The molecule has 0 spiro atoms. The number of hydrogen-bond acceptors (Lipinski definition) is 11. The van der Waals surface area contributed by atoms with Crippen LogP contribution in [0.5, 0.6) is 5.75 Å². The van der Waals surface area contributed by atoms with E-state index in [9.17, 15) is 19.5 Å². The van der Waals surface area contributed by atoms with E-state index in [2.05, 4.69) is 24.7 Å². The maximum atomic E-state index is 11.5. The van der Waals surface area contributed by atoms with E-state index in [0.29, 0.717) is 12.0 Å². The van der Waals surface area contributed by atoms with Crippen LogP contribution in [0.4, 0.5) is 11.4 Å². The van der Waals surface area contributed by atoms with Crippen molar-refractivity contribution in [1.29, 1.82) is 0 Å². The third-order valence-corrected chi connectivity index (χ3v) is 5.63. The van der Waals surface area contributed by atoms with Crippen molar-refractivity contribution in [2.75, 3.05) is 32.2 Å². The van der Waals surface area contributed by atoms with Crippen molar-refractivity contribution in [2.45, 2.75) is 23.6 Å². The maximum Gasteiger partial charge on any atom is 0.307 e. The summed E-state index contributed by atoms with van der Waals surface area (Å²) in [4.78, 5) is 39.6. The number of hydrogen-bond donors (Lipinski definition) is 1. The number of halogens is 1. The second kappa shape index (κ2) is 11.5. The SMILES string of the molecule is COC(=O)CCN(CCC(=O)OC)c1ccc(N=NC2=NC(Cl)C(C=O)S2)c(O)c1. The minimum atomic E-state index is -0.699. The van der Waals surface area contributed by atoms with E-state index in [1.165, 1.54) is 26.4 Å². The van der Waals surface area contributed by atoms with E-state index >= 15 is 0 Å². The number of benzene rings is 1. The Bertz CT molecular complexity index is 830. The van der Waals surface area contributed by atoms with Crippen LogP contribution in [0.15, 0.2) is 33.4 Å². The fraction of sp³-hybridized carbons (Fsp3) is 0.444. The normalized spacial score (nSPS) is 18.2. The molecule has 1 aromatic carbocycles. The highest BCUT2D eigenvalue weighted by Crippen LogP contribution is 2.33. The van der Waals surface area contributed by atoms with Crippen molar-refractivity contribution in [3.05, 3.63) is 18.2 Å². The van der Waals surface area contributed by atoms with Crippen molar-refractivity contribution in [1.82, 2.24) is 0 Å². The van der Waals surface area contributed by atoms with Crippen LogP contribution in [-0.4, -0.2) is 66.6 Å². The number of azo groups is 1. The topological polar surface area (TPSA) is 130 Å². The van der Waals surface area contributed by atoms with Gasteiger partial charge in [-0.05, 0) is 12.1 Å². The van der Waals surface area contributed by atoms with Gasteiger partial charge in [0.05, 0.1) is 27.1 Å². The first kappa shape index (κ1) is 23.6. The number of thioether (sulfide) groups is 1. The summed E-state index contributed by atoms with van der Waals surface area (Å²) in [7, 11) is 2.59. The predicted octanol–water partition coefficient (Wildman–Crippen LogP) is 2.64. The van der Waals surface area contributed by atoms with E-state index in [4.69, 9.17) is 11.6 Å². The summed E-state index contributed by atoms with van der Waals surface area (Å²) in [5.41, 5.74) is 0.0629. The third kappa shape index (κ3) is 6.70. The fourth-order valence-electron chi connectivity index (χ4n) is 2.45. The van der Waals surface area contributed by atoms with Gasteiger partial charge in [0.2, 0.25) is 5.17 Å². The zero-order valence-electron chi connectivity index (χ0n) is 16.4. The van der Waals surface area contributed by atoms with E-state index in [1.807, 2.05) is 0 Å². The van der Waals surface area contributed by atoms with Gasteiger partial charge in [0.15, 0.2) is 0 Å². The molecule has 0 aliphatic carbocycles. The highest BCUT2D eigenvalue weighted by Gasteiger charge is 2.28. The molecule has 2 rings (SSSR count). The number of carbonyl (C=O) groups excluding carboxylic acids is 3. The predicted molar refractivity (Wildman–Crippen MR) is 113 cm³/mol. The second-order valence-corrected chi connectivity index (χ2v) is 7.61. The number of anilines is 1. The number of nitrogens with zero attached hydrogens (tertiary/aromatic N) is 4. The van der Waals surface area contributed by atoms with E-state index in [0.717, 1.165) is 11.8 Å². The summed E-state index contributed by atoms with van der Waals surface area (Å²) < 4.78 is 9.30. The van der Waals surface area contributed by atoms with Gasteiger partial charge in [0.25, 0.3) is 0 Å². The van der Waals surface area contributed by atoms with Gasteiger partial charge in [-0.1, -0.05) is 23.4 Å². The lowest BCUT2D eigenvalue weighted by atomic mass is 10.2. The number of aromatic hydroxyl groups is 1. The van der Waals surface area contributed by atoms with Crippen molar-refractivity contribution in [3.8, 4) is 5.75 Å². The Balaban J connectivity index is 2.12. The molecule has 162 valence electrons. The highest BCUT2D eigenvalue weighted by molar-refractivity contribution is 8.15. The van der Waals surface area contributed by atoms with E-state index < -0.39 is 22.7 Å². The minimum Gasteiger partial charge on any atom is -0.506 e. The summed E-state index contributed by atoms with van der Waals surface area (Å²) in [5, 5.41) is 17.9. The lowest BCUT2D eigenvalue weighted by Crippen LogP contribution is -2.29. The average Bonchev–Trinajstić information content (AvgIpc) is 3.11. The highest BCUT2D eigenvalue weighted by atomic mass is 35.5. The number of aliphatic imine (C=N–C) groups is 1. The Kier molecular flexibility index (Phi) is 9.06. The number of phenols is 1. The molecule has 1 aromatic rings. The number of rotatable bonds is 9. The van der Waals surface area contributed by atoms with Gasteiger partial charge in [0, 0.05) is 24.8 Å². The number of esters is 2. The van der Waals surface area contributed by atoms with Crippen LogP contribution in [0.3, 0.4) is 0 Å². The first-order chi connectivity index (χ1) is 14.4. The molecule has 0 amide bonds. The number of ether oxygens (including phenoxy) is 2. The molecule has 0 radical (unpaired) electrons. The van der Waals surface area contributed by atoms with E-state index in [-0.39, 0.29) is 42.5 Å². The molecule has 1 aliphatic rings. The summed E-state index contributed by atoms with van der Waals surface area (Å²) in [6, 6.07) is 4.66. The minimum absolute atomic E-state index is 0.106. The Morgan fingerprint density at radius 1 is 1.23 bits per heavy atom. The van der Waals surface area contributed by atoms with Gasteiger partial charge in [-0.15, -0.1) is 10.2 Å². The Morgan fingerprint density at radius 3 is 2.37 bits per heavy atom. The standard InChI is InChI=1S/C18H21ClN4O6S/c1-28-15(26)5-7-23(8-6-16(27)29-2)11-3-4-12(13(25)9-11)21-22-18-20-17(19)14(10-24)30-18/h3-4,9-10,14,17,25H,5-8H2,1-2H3. The molecule has 0 saturated heterocycles. The van der Waals surface area contributed by atoms with Crippen molar-refractivity contribution in [2.24, 2.45) is 15.2 Å². The monoisotopic (exact) mass is 456 g/mol. The largest absolute Gasteiger partial charge is 0.506 e. The zero-order chi connectivity index (χ0) is 22.1. The van der Waals surface area contributed by atoms with Gasteiger partial charge in [0.1, 0.15) is 28.5 Å². The maximum absolute atomic E-state index is 11.5. The van der Waals surface area contributed by atoms with Crippen molar-refractivity contribution < 1.29 is 29.0 Å². The molecule has 30 heavy (non-hydrogen) atoms. The smallest absolute Gasteiger partial charge is 0.307 e. The zero-order valence-corrected chi connectivity index (χ0v) is 17.9. The Morgan fingerprint density at radius 2 is 1.87 bits per heavy atom. The molecule has 10 nitrogen and oxygen atoms in total. The molecule has 0 fully saturated rings. The van der Waals surface area contributed by atoms with Crippen molar-refractivity contribution >= 4 is 58.1 Å². The van der Waals surface area contributed by atoms with Gasteiger partial charge < -0.3 is 24.3 Å². The number of carbonyl (C=O) groups is 3. The molecule has 1 aliphatic heterocycles. The second-order valence-electron chi connectivity index (χ2n) is 6.02. The number of methoxy groups -OCH3 is 2. The molecule has 0 saturated carbocycles. The van der Waals surface area contributed by atoms with E-state index in [1.54, 1.807) is 11.0 Å². The number of aldehydes is 1. The lowest BCUT2D eigenvalue weighted by molar-refractivity contribution is -0.140. The van der Waals surface area contributed by atoms with Crippen LogP contribution < -0.4 is 4.90 Å². The molecule has 2 unspecified atom stereocenters. The number of amidine groups is 1.